The predicted molar refractivity (Wildman–Crippen MR) is 223 cm³/mol. The highest BCUT2D eigenvalue weighted by molar-refractivity contribution is 6.25. The zero-order chi connectivity index (χ0) is 35.7. The number of para-hydroxylation sites is 3. The number of benzene rings is 7. The molecule has 9 aromatic rings. The van der Waals surface area contributed by atoms with Gasteiger partial charge in [0.1, 0.15) is 5.58 Å². The van der Waals surface area contributed by atoms with E-state index >= 15 is 0 Å². The Bertz CT molecular complexity index is 2840. The largest absolute Gasteiger partial charge is 0.454 e. The Morgan fingerprint density at radius 2 is 1.15 bits per heavy atom. The van der Waals surface area contributed by atoms with Crippen LogP contribution >= 0.6 is 0 Å². The average Bonchev–Trinajstić information content (AvgIpc) is 3.78. The fourth-order valence-electron chi connectivity index (χ4n) is 7.33. The van der Waals surface area contributed by atoms with E-state index in [0.717, 1.165) is 72.3 Å². The van der Waals surface area contributed by atoms with Crippen molar-refractivity contribution < 1.29 is 4.42 Å². The topological polar surface area (TPSA) is 42.8 Å². The molecule has 0 unspecified atom stereocenters. The summed E-state index contributed by atoms with van der Waals surface area (Å²) in [6, 6.07) is 58.7. The number of rotatable bonds is 7. The van der Waals surface area contributed by atoms with Crippen LogP contribution in [-0.2, 0) is 0 Å². The molecular weight excluding hydrogens is 647 g/mol. The van der Waals surface area contributed by atoms with Crippen molar-refractivity contribution in [1.29, 1.82) is 0 Å². The minimum atomic E-state index is 0.564. The molecule has 0 fully saturated rings. The second kappa shape index (κ2) is 13.6. The van der Waals surface area contributed by atoms with Gasteiger partial charge < -0.3 is 8.98 Å². The summed E-state index contributed by atoms with van der Waals surface area (Å²) in [5.74, 6) is 0.564. The molecule has 2 heterocycles. The molecule has 0 aliphatic rings. The lowest BCUT2D eigenvalue weighted by Crippen LogP contribution is -2.06. The third-order valence-corrected chi connectivity index (χ3v) is 9.84. The van der Waals surface area contributed by atoms with E-state index in [9.17, 15) is 0 Å². The van der Waals surface area contributed by atoms with Gasteiger partial charge in [-0.3, -0.25) is 0 Å². The molecule has 252 valence electrons. The van der Waals surface area contributed by atoms with Crippen LogP contribution in [0.1, 0.15) is 23.6 Å². The maximum absolute atomic E-state index is 6.82. The Morgan fingerprint density at radius 3 is 1.81 bits per heavy atom. The first-order valence-electron chi connectivity index (χ1n) is 17.8. The van der Waals surface area contributed by atoms with E-state index in [0.29, 0.717) is 5.84 Å². The molecule has 4 heteroatoms. The molecule has 7 aromatic carbocycles. The highest BCUT2D eigenvalue weighted by atomic mass is 16.3. The van der Waals surface area contributed by atoms with Crippen molar-refractivity contribution in [3.05, 3.63) is 205 Å². The molecule has 0 aliphatic carbocycles. The van der Waals surface area contributed by atoms with Gasteiger partial charge >= 0.3 is 0 Å². The average molecular weight is 682 g/mol. The summed E-state index contributed by atoms with van der Waals surface area (Å²) in [6.07, 6.45) is 3.84. The normalized spacial score (nSPS) is 12.7. The summed E-state index contributed by atoms with van der Waals surface area (Å²) in [6.45, 7) is 6.18. The highest BCUT2D eigenvalue weighted by Gasteiger charge is 2.22. The third-order valence-electron chi connectivity index (χ3n) is 9.84. The smallest absolute Gasteiger partial charge is 0.161 e. The number of aromatic nitrogens is 1. The molecule has 0 spiro atoms. The van der Waals surface area contributed by atoms with E-state index in [1.165, 1.54) is 16.3 Å². The molecule has 2 aromatic heterocycles. The standard InChI is InChI=1S/C49H35N3O/c1-3-41(35-19-9-6-10-20-35)50-49(51-42(4-2)36-29-27-34(28-30-36)33-17-7-5-8-18-33)40-31-32-45(48-47(40)39-23-13-16-26-46(39)53-48)52-43-24-14-11-21-37(43)38-22-12-15-25-44(38)52/h3-32H,1H2,2H3/b42-4+,50-41?,51-49?. The number of furan rings is 1. The van der Waals surface area contributed by atoms with Crippen LogP contribution in [0.25, 0.3) is 66.3 Å². The van der Waals surface area contributed by atoms with Crippen LogP contribution in [0, 0.1) is 0 Å². The lowest BCUT2D eigenvalue weighted by molar-refractivity contribution is 0.666. The SMILES string of the molecule is C=CC(=NC(=N/C(=C/C)c1ccc(-c2ccccc2)cc1)c1ccc(-n2c3ccccc3c3ccccc32)c2oc3ccccc3c12)c1ccccc1. The van der Waals surface area contributed by atoms with E-state index < -0.39 is 0 Å². The molecule has 0 radical (unpaired) electrons. The summed E-state index contributed by atoms with van der Waals surface area (Å²) in [4.78, 5) is 10.7. The first kappa shape index (κ1) is 31.9. The second-order valence-corrected chi connectivity index (χ2v) is 12.9. The number of allylic oxidation sites excluding steroid dienone is 2. The summed E-state index contributed by atoms with van der Waals surface area (Å²) in [5, 5.41) is 4.33. The van der Waals surface area contributed by atoms with Crippen molar-refractivity contribution >= 4 is 61.0 Å². The molecule has 0 amide bonds. The zero-order valence-electron chi connectivity index (χ0n) is 29.3. The number of fused-ring (bicyclic) bond motifs is 6. The maximum atomic E-state index is 6.82. The Labute approximate surface area is 308 Å². The molecule has 0 aliphatic heterocycles. The van der Waals surface area contributed by atoms with Crippen LogP contribution in [-0.4, -0.2) is 16.1 Å². The first-order valence-corrected chi connectivity index (χ1v) is 17.8. The van der Waals surface area contributed by atoms with Gasteiger partial charge in [0.2, 0.25) is 0 Å². The van der Waals surface area contributed by atoms with Crippen LogP contribution in [0.5, 0.6) is 0 Å². The molecular formula is C49H35N3O. The molecule has 0 bridgehead atoms. The number of aliphatic imine (C=N–C) groups is 2. The van der Waals surface area contributed by atoms with Crippen LogP contribution in [0.2, 0.25) is 0 Å². The number of hydrogen-bond donors (Lipinski definition) is 0. The van der Waals surface area contributed by atoms with Crippen molar-refractivity contribution in [2.24, 2.45) is 9.98 Å². The van der Waals surface area contributed by atoms with Gasteiger partial charge in [0.25, 0.3) is 0 Å². The fourth-order valence-corrected chi connectivity index (χ4v) is 7.33. The second-order valence-electron chi connectivity index (χ2n) is 12.9. The lowest BCUT2D eigenvalue weighted by atomic mass is 10.0. The van der Waals surface area contributed by atoms with Crippen molar-refractivity contribution in [3.8, 4) is 16.8 Å². The van der Waals surface area contributed by atoms with Gasteiger partial charge in [-0.05, 0) is 60.0 Å². The van der Waals surface area contributed by atoms with Gasteiger partial charge in [-0.2, -0.15) is 0 Å². The van der Waals surface area contributed by atoms with Crippen molar-refractivity contribution in [3.63, 3.8) is 0 Å². The molecule has 9 rings (SSSR count). The quantitative estimate of drug-likeness (QED) is 0.122. The van der Waals surface area contributed by atoms with Gasteiger partial charge in [0.15, 0.2) is 11.4 Å². The molecule has 0 N–H and O–H groups in total. The van der Waals surface area contributed by atoms with Crippen molar-refractivity contribution in [2.45, 2.75) is 6.92 Å². The van der Waals surface area contributed by atoms with Crippen LogP contribution in [0.15, 0.2) is 203 Å². The van der Waals surface area contributed by atoms with Crippen molar-refractivity contribution in [1.82, 2.24) is 4.57 Å². The maximum Gasteiger partial charge on any atom is 0.161 e. The fraction of sp³-hybridized carbons (Fsp3) is 0.0204. The third kappa shape index (κ3) is 5.67. The predicted octanol–water partition coefficient (Wildman–Crippen LogP) is 12.8. The summed E-state index contributed by atoms with van der Waals surface area (Å²) in [5.41, 5.74) is 11.4. The molecule has 0 saturated heterocycles. The minimum absolute atomic E-state index is 0.564. The van der Waals surface area contributed by atoms with E-state index in [1.807, 2.05) is 61.5 Å². The van der Waals surface area contributed by atoms with E-state index in [-0.39, 0.29) is 0 Å². The number of nitrogens with zero attached hydrogens (tertiary/aromatic N) is 3. The van der Waals surface area contributed by atoms with Gasteiger partial charge in [-0.25, -0.2) is 9.98 Å². The van der Waals surface area contributed by atoms with Crippen molar-refractivity contribution in [2.75, 3.05) is 0 Å². The van der Waals surface area contributed by atoms with E-state index in [4.69, 9.17) is 14.4 Å². The molecule has 0 atom stereocenters. The summed E-state index contributed by atoms with van der Waals surface area (Å²) >= 11 is 0. The van der Waals surface area contributed by atoms with Gasteiger partial charge in [-0.15, -0.1) is 0 Å². The minimum Gasteiger partial charge on any atom is -0.454 e. The Morgan fingerprint density at radius 1 is 0.566 bits per heavy atom. The van der Waals surface area contributed by atoms with Gasteiger partial charge in [0.05, 0.1) is 28.1 Å². The zero-order valence-corrected chi connectivity index (χ0v) is 29.3. The Kier molecular flexibility index (Phi) is 8.18. The van der Waals surface area contributed by atoms with Gasteiger partial charge in [-0.1, -0.05) is 152 Å². The Hall–Kier alpha value is -7.04. The highest BCUT2D eigenvalue weighted by Crippen LogP contribution is 2.40. The first-order chi connectivity index (χ1) is 26.2. The summed E-state index contributed by atoms with van der Waals surface area (Å²) < 4.78 is 9.13. The van der Waals surface area contributed by atoms with Crippen LogP contribution < -0.4 is 0 Å². The molecule has 53 heavy (non-hydrogen) atoms. The Balaban J connectivity index is 1.30. The van der Waals surface area contributed by atoms with E-state index in [2.05, 4.69) is 132 Å². The molecule has 0 saturated carbocycles. The summed E-state index contributed by atoms with van der Waals surface area (Å²) in [7, 11) is 0. The lowest BCUT2D eigenvalue weighted by Gasteiger charge is -2.13. The monoisotopic (exact) mass is 681 g/mol. The van der Waals surface area contributed by atoms with Gasteiger partial charge in [0, 0.05) is 32.7 Å². The molecule has 4 nitrogen and oxygen atoms in total. The van der Waals surface area contributed by atoms with Crippen LogP contribution in [0.4, 0.5) is 0 Å². The number of amidine groups is 1. The number of hydrogen-bond acceptors (Lipinski definition) is 2. The van der Waals surface area contributed by atoms with E-state index in [1.54, 1.807) is 6.08 Å². The van der Waals surface area contributed by atoms with Crippen LogP contribution in [0.3, 0.4) is 0 Å².